The zero-order valence-electron chi connectivity index (χ0n) is 10.5. The molecule has 0 aliphatic carbocycles. The maximum absolute atomic E-state index is 11.1. The summed E-state index contributed by atoms with van der Waals surface area (Å²) in [4.78, 5) is 15.5. The number of halogens is 1. The Labute approximate surface area is 111 Å². The lowest BCUT2D eigenvalue weighted by Gasteiger charge is -2.15. The largest absolute Gasteiger partial charge is 0.370 e. The van der Waals surface area contributed by atoms with Crippen molar-refractivity contribution in [2.45, 2.75) is 32.2 Å². The van der Waals surface area contributed by atoms with E-state index in [2.05, 4.69) is 4.98 Å². The number of alkyl halides is 1. The monoisotopic (exact) mass is 265 g/mol. The van der Waals surface area contributed by atoms with E-state index in [1.54, 1.807) is 0 Å². The molecule has 18 heavy (non-hydrogen) atoms. The molecule has 0 aliphatic heterocycles. The van der Waals surface area contributed by atoms with Crippen molar-refractivity contribution in [3.05, 3.63) is 29.6 Å². The molecule has 2 aromatic rings. The van der Waals surface area contributed by atoms with Crippen LogP contribution in [0.15, 0.2) is 18.2 Å². The Morgan fingerprint density at radius 1 is 1.56 bits per heavy atom. The summed E-state index contributed by atoms with van der Waals surface area (Å²) in [6, 6.07) is 6.00. The summed E-state index contributed by atoms with van der Waals surface area (Å²) < 4.78 is 1.99. The molecule has 0 aliphatic rings. The number of carbonyl (C=O) groups excluding carboxylic acids is 1. The maximum Gasteiger partial charge on any atom is 0.219 e. The van der Waals surface area contributed by atoms with E-state index in [1.807, 2.05) is 36.6 Å². The fourth-order valence-electron chi connectivity index (χ4n) is 2.23. The molecule has 5 heteroatoms. The molecule has 0 spiro atoms. The molecule has 0 fully saturated rings. The van der Waals surface area contributed by atoms with Crippen molar-refractivity contribution in [2.24, 2.45) is 5.73 Å². The van der Waals surface area contributed by atoms with Gasteiger partial charge in [0, 0.05) is 12.5 Å². The highest BCUT2D eigenvalue weighted by molar-refractivity contribution is 6.16. The summed E-state index contributed by atoms with van der Waals surface area (Å²) in [6.45, 7) is 3.97. The van der Waals surface area contributed by atoms with E-state index >= 15 is 0 Å². The fourth-order valence-corrected chi connectivity index (χ4v) is 2.42. The number of nitrogens with two attached hydrogens (primary N) is 1. The van der Waals surface area contributed by atoms with Gasteiger partial charge in [0.15, 0.2) is 0 Å². The molecule has 1 unspecified atom stereocenters. The summed E-state index contributed by atoms with van der Waals surface area (Å²) in [5.41, 5.74) is 8.30. The molecule has 1 amide bonds. The molecule has 0 saturated carbocycles. The standard InChI is InChI=1S/C13H16ClN3O/c1-8-3-4-11-10(5-8)16-13(7-14)17(11)9(2)6-12(15)18/h3-5,9H,6-7H2,1-2H3,(H2,15,18). The molecular formula is C13H16ClN3O. The Balaban J connectivity index is 2.56. The van der Waals surface area contributed by atoms with E-state index in [9.17, 15) is 4.79 Å². The molecule has 0 bridgehead atoms. The third-order valence-corrected chi connectivity index (χ3v) is 3.21. The van der Waals surface area contributed by atoms with Crippen LogP contribution in [0.4, 0.5) is 0 Å². The summed E-state index contributed by atoms with van der Waals surface area (Å²) >= 11 is 5.92. The average molecular weight is 266 g/mol. The van der Waals surface area contributed by atoms with Crippen molar-refractivity contribution in [3.8, 4) is 0 Å². The molecule has 1 aromatic heterocycles. The van der Waals surface area contributed by atoms with Crippen LogP contribution in [0.3, 0.4) is 0 Å². The molecular weight excluding hydrogens is 250 g/mol. The second kappa shape index (κ2) is 4.98. The van der Waals surface area contributed by atoms with Gasteiger partial charge in [-0.3, -0.25) is 4.79 Å². The van der Waals surface area contributed by atoms with Gasteiger partial charge in [0.1, 0.15) is 5.82 Å². The van der Waals surface area contributed by atoms with Crippen LogP contribution in [0.25, 0.3) is 11.0 Å². The lowest BCUT2D eigenvalue weighted by molar-refractivity contribution is -0.118. The molecule has 2 N–H and O–H groups in total. The Morgan fingerprint density at radius 3 is 2.89 bits per heavy atom. The van der Waals surface area contributed by atoms with Crippen molar-refractivity contribution in [1.29, 1.82) is 0 Å². The van der Waals surface area contributed by atoms with Gasteiger partial charge in [-0.25, -0.2) is 4.98 Å². The normalized spacial score (nSPS) is 12.8. The Morgan fingerprint density at radius 2 is 2.28 bits per heavy atom. The van der Waals surface area contributed by atoms with Crippen molar-refractivity contribution in [2.75, 3.05) is 0 Å². The van der Waals surface area contributed by atoms with Gasteiger partial charge in [-0.05, 0) is 31.5 Å². The third-order valence-electron chi connectivity index (χ3n) is 2.97. The molecule has 0 radical (unpaired) electrons. The van der Waals surface area contributed by atoms with Gasteiger partial charge in [0.25, 0.3) is 0 Å². The lowest BCUT2D eigenvalue weighted by Crippen LogP contribution is -2.18. The van der Waals surface area contributed by atoms with Crippen molar-refractivity contribution in [3.63, 3.8) is 0 Å². The molecule has 1 aromatic carbocycles. The molecule has 4 nitrogen and oxygen atoms in total. The van der Waals surface area contributed by atoms with E-state index in [4.69, 9.17) is 17.3 Å². The molecule has 96 valence electrons. The number of fused-ring (bicyclic) bond motifs is 1. The number of primary amides is 1. The highest BCUT2D eigenvalue weighted by Gasteiger charge is 2.16. The van der Waals surface area contributed by atoms with Gasteiger partial charge in [0.2, 0.25) is 5.91 Å². The van der Waals surface area contributed by atoms with E-state index in [0.717, 1.165) is 22.4 Å². The minimum absolute atomic E-state index is 0.0380. The van der Waals surface area contributed by atoms with Crippen LogP contribution in [-0.2, 0) is 10.7 Å². The van der Waals surface area contributed by atoms with E-state index in [0.29, 0.717) is 5.88 Å². The number of imidazole rings is 1. The first kappa shape index (κ1) is 12.9. The molecule has 2 rings (SSSR count). The number of carbonyl (C=O) groups is 1. The molecule has 1 heterocycles. The van der Waals surface area contributed by atoms with Gasteiger partial charge < -0.3 is 10.3 Å². The van der Waals surface area contributed by atoms with Crippen molar-refractivity contribution in [1.82, 2.24) is 9.55 Å². The van der Waals surface area contributed by atoms with E-state index in [-0.39, 0.29) is 18.4 Å². The predicted molar refractivity (Wildman–Crippen MR) is 72.5 cm³/mol. The lowest BCUT2D eigenvalue weighted by atomic mass is 10.2. The first-order valence-corrected chi connectivity index (χ1v) is 6.38. The summed E-state index contributed by atoms with van der Waals surface area (Å²) in [5.74, 6) is 0.764. The topological polar surface area (TPSA) is 60.9 Å². The first-order chi connectivity index (χ1) is 8.52. The van der Waals surface area contributed by atoms with Gasteiger partial charge in [0.05, 0.1) is 16.9 Å². The number of amides is 1. The average Bonchev–Trinajstić information content (AvgIpc) is 2.65. The summed E-state index contributed by atoms with van der Waals surface area (Å²) in [7, 11) is 0. The van der Waals surface area contributed by atoms with Gasteiger partial charge >= 0.3 is 0 Å². The van der Waals surface area contributed by atoms with Crippen LogP contribution in [0, 0.1) is 6.92 Å². The second-order valence-electron chi connectivity index (χ2n) is 4.54. The zero-order chi connectivity index (χ0) is 13.3. The van der Waals surface area contributed by atoms with E-state index in [1.165, 1.54) is 0 Å². The first-order valence-electron chi connectivity index (χ1n) is 5.84. The molecule has 0 saturated heterocycles. The SMILES string of the molecule is Cc1ccc2c(c1)nc(CCl)n2C(C)CC(N)=O. The number of hydrogen-bond acceptors (Lipinski definition) is 2. The zero-order valence-corrected chi connectivity index (χ0v) is 11.2. The quantitative estimate of drug-likeness (QED) is 0.864. The maximum atomic E-state index is 11.1. The third kappa shape index (κ3) is 2.34. The van der Waals surface area contributed by atoms with Gasteiger partial charge in [-0.1, -0.05) is 6.07 Å². The Hall–Kier alpha value is -1.55. The van der Waals surface area contributed by atoms with Crippen LogP contribution in [0.2, 0.25) is 0 Å². The molecule has 1 atom stereocenters. The highest BCUT2D eigenvalue weighted by Crippen LogP contribution is 2.24. The number of aryl methyl sites for hydroxylation is 1. The van der Waals surface area contributed by atoms with Crippen LogP contribution in [0.5, 0.6) is 0 Å². The predicted octanol–water partition coefficient (Wildman–Crippen LogP) is 2.52. The summed E-state index contributed by atoms with van der Waals surface area (Å²) in [5, 5.41) is 0. The van der Waals surface area contributed by atoms with Crippen molar-refractivity contribution < 1.29 is 4.79 Å². The van der Waals surface area contributed by atoms with Crippen LogP contribution in [0.1, 0.15) is 30.8 Å². The Kier molecular flexibility index (Phi) is 3.57. The second-order valence-corrected chi connectivity index (χ2v) is 4.81. The van der Waals surface area contributed by atoms with Gasteiger partial charge in [-0.15, -0.1) is 11.6 Å². The van der Waals surface area contributed by atoms with E-state index < -0.39 is 0 Å². The number of aromatic nitrogens is 2. The minimum Gasteiger partial charge on any atom is -0.370 e. The number of nitrogens with zero attached hydrogens (tertiary/aromatic N) is 2. The summed E-state index contributed by atoms with van der Waals surface area (Å²) in [6.07, 6.45) is 0.281. The number of hydrogen-bond donors (Lipinski definition) is 1. The van der Waals surface area contributed by atoms with Crippen molar-refractivity contribution >= 4 is 28.5 Å². The van der Waals surface area contributed by atoms with Crippen LogP contribution >= 0.6 is 11.6 Å². The number of rotatable bonds is 4. The minimum atomic E-state index is -0.322. The Bertz CT molecular complexity index is 591. The van der Waals surface area contributed by atoms with Crippen LogP contribution < -0.4 is 5.73 Å². The highest BCUT2D eigenvalue weighted by atomic mass is 35.5. The smallest absolute Gasteiger partial charge is 0.219 e. The van der Waals surface area contributed by atoms with Crippen LogP contribution in [-0.4, -0.2) is 15.5 Å². The fraction of sp³-hybridized carbons (Fsp3) is 0.385. The number of benzene rings is 1. The van der Waals surface area contributed by atoms with Gasteiger partial charge in [-0.2, -0.15) is 0 Å².